The largest absolute Gasteiger partial charge is 0.497 e. The van der Waals surface area contributed by atoms with Crippen molar-refractivity contribution in [1.82, 2.24) is 0 Å². The molecule has 196 valence electrons. The van der Waals surface area contributed by atoms with Crippen LogP contribution in [0.5, 0.6) is 5.75 Å². The number of rotatable bonds is 7. The summed E-state index contributed by atoms with van der Waals surface area (Å²) in [6.07, 6.45) is 0.0209. The molecule has 0 saturated carbocycles. The molecule has 0 unspecified atom stereocenters. The molecule has 0 amide bonds. The van der Waals surface area contributed by atoms with Crippen LogP contribution in [0.4, 0.5) is 0 Å². The van der Waals surface area contributed by atoms with Gasteiger partial charge in [-0.15, -0.1) is 0 Å². The van der Waals surface area contributed by atoms with Gasteiger partial charge in [0.2, 0.25) is 0 Å². The van der Waals surface area contributed by atoms with Crippen molar-refractivity contribution in [2.24, 2.45) is 0 Å². The van der Waals surface area contributed by atoms with E-state index in [1.807, 2.05) is 24.3 Å². The van der Waals surface area contributed by atoms with Crippen molar-refractivity contribution in [3.8, 4) is 5.75 Å². The summed E-state index contributed by atoms with van der Waals surface area (Å²) in [7, 11) is 1.64. The van der Waals surface area contributed by atoms with Crippen LogP contribution >= 0.6 is 0 Å². The highest BCUT2D eigenvalue weighted by Crippen LogP contribution is 2.42. The van der Waals surface area contributed by atoms with Gasteiger partial charge in [-0.3, -0.25) is 0 Å². The molecular formula is C26H38O9. The Morgan fingerprint density at radius 2 is 1.51 bits per heavy atom. The minimum atomic E-state index is -0.985. The summed E-state index contributed by atoms with van der Waals surface area (Å²) in [5.74, 6) is 0.812. The van der Waals surface area contributed by atoms with Crippen LogP contribution < -0.4 is 4.74 Å². The molecule has 0 spiro atoms. The summed E-state index contributed by atoms with van der Waals surface area (Å²) in [6.45, 7) is 2.45. The number of ether oxygens (including phenoxy) is 6. The van der Waals surface area contributed by atoms with Gasteiger partial charge in [-0.1, -0.05) is 12.1 Å². The second-order valence-corrected chi connectivity index (χ2v) is 10.5. The lowest BCUT2D eigenvalue weighted by atomic mass is 9.82. The Balaban J connectivity index is 1.11. The fourth-order valence-corrected chi connectivity index (χ4v) is 5.77. The monoisotopic (exact) mass is 494 g/mol. The van der Waals surface area contributed by atoms with Crippen LogP contribution in [0.1, 0.15) is 44.6 Å². The molecule has 0 radical (unpaired) electrons. The van der Waals surface area contributed by atoms with Gasteiger partial charge in [0.25, 0.3) is 0 Å². The van der Waals surface area contributed by atoms with Crippen LogP contribution in [-0.2, 0) is 30.3 Å². The SMILES string of the molecule is COc1ccc(COCC[C@@H]2O[C@@H]3C[C@@H]4O[C@@H]5C[C@H](O)[C@@](C)(CO)O[C@H]5C[C@H]4O[C@H]3C[C@H]2O)cc1. The lowest BCUT2D eigenvalue weighted by Gasteiger charge is -2.54. The molecule has 4 fully saturated rings. The van der Waals surface area contributed by atoms with Gasteiger partial charge in [0, 0.05) is 32.3 Å². The molecule has 0 bridgehead atoms. The zero-order valence-corrected chi connectivity index (χ0v) is 20.5. The molecule has 1 aromatic rings. The number of benzene rings is 1. The summed E-state index contributed by atoms with van der Waals surface area (Å²) in [5.41, 5.74) is 0.0769. The molecular weight excluding hydrogens is 456 g/mol. The topological polar surface area (TPSA) is 116 Å². The zero-order valence-electron chi connectivity index (χ0n) is 20.5. The third-order valence-electron chi connectivity index (χ3n) is 7.99. The van der Waals surface area contributed by atoms with E-state index in [0.29, 0.717) is 45.3 Å². The molecule has 1 aromatic carbocycles. The van der Waals surface area contributed by atoms with E-state index in [4.69, 9.17) is 28.4 Å². The molecule has 4 aliphatic rings. The van der Waals surface area contributed by atoms with E-state index in [-0.39, 0.29) is 49.3 Å². The van der Waals surface area contributed by atoms with Crippen LogP contribution in [0.25, 0.3) is 0 Å². The maximum atomic E-state index is 10.7. The molecule has 0 aromatic heterocycles. The Kier molecular flexibility index (Phi) is 7.67. The summed E-state index contributed by atoms with van der Waals surface area (Å²) < 4.78 is 36.0. The van der Waals surface area contributed by atoms with Gasteiger partial charge >= 0.3 is 0 Å². The Morgan fingerprint density at radius 1 is 0.886 bits per heavy atom. The maximum absolute atomic E-state index is 10.7. The number of aliphatic hydroxyl groups excluding tert-OH is 3. The van der Waals surface area contributed by atoms with Crippen LogP contribution in [0.3, 0.4) is 0 Å². The molecule has 9 heteroatoms. The van der Waals surface area contributed by atoms with Gasteiger partial charge in [-0.2, -0.15) is 0 Å². The minimum Gasteiger partial charge on any atom is -0.497 e. The molecule has 9 nitrogen and oxygen atoms in total. The normalized spacial score (nSPS) is 43.1. The van der Waals surface area contributed by atoms with Gasteiger partial charge in [0.05, 0.1) is 75.3 Å². The highest BCUT2D eigenvalue weighted by atomic mass is 16.6. The van der Waals surface area contributed by atoms with E-state index in [2.05, 4.69) is 0 Å². The first-order chi connectivity index (χ1) is 16.9. The van der Waals surface area contributed by atoms with Crippen LogP contribution in [0.15, 0.2) is 24.3 Å². The Labute approximate surface area is 206 Å². The number of fused-ring (bicyclic) bond motifs is 3. The van der Waals surface area contributed by atoms with E-state index in [1.165, 1.54) is 0 Å². The first-order valence-electron chi connectivity index (χ1n) is 12.7. The van der Waals surface area contributed by atoms with E-state index in [9.17, 15) is 15.3 Å². The minimum absolute atomic E-state index is 0.144. The number of hydrogen-bond acceptors (Lipinski definition) is 9. The average Bonchev–Trinajstić information content (AvgIpc) is 2.86. The summed E-state index contributed by atoms with van der Waals surface area (Å²) in [6, 6.07) is 7.76. The first kappa shape index (κ1) is 25.4. The van der Waals surface area contributed by atoms with Gasteiger partial charge in [-0.25, -0.2) is 0 Å². The molecule has 35 heavy (non-hydrogen) atoms. The Morgan fingerprint density at radius 3 is 2.20 bits per heavy atom. The van der Waals surface area contributed by atoms with Gasteiger partial charge in [0.15, 0.2) is 0 Å². The van der Waals surface area contributed by atoms with Crippen LogP contribution in [0, 0.1) is 0 Å². The van der Waals surface area contributed by atoms with E-state index in [0.717, 1.165) is 11.3 Å². The van der Waals surface area contributed by atoms with E-state index >= 15 is 0 Å². The lowest BCUT2D eigenvalue weighted by Crippen LogP contribution is -2.64. The van der Waals surface area contributed by atoms with Crippen molar-refractivity contribution in [2.45, 2.75) is 106 Å². The quantitative estimate of drug-likeness (QED) is 0.483. The van der Waals surface area contributed by atoms with Crippen molar-refractivity contribution in [3.63, 3.8) is 0 Å². The van der Waals surface area contributed by atoms with Crippen molar-refractivity contribution >= 4 is 0 Å². The second-order valence-electron chi connectivity index (χ2n) is 10.5. The second kappa shape index (κ2) is 10.6. The third kappa shape index (κ3) is 5.38. The molecule has 4 heterocycles. The number of aliphatic hydroxyl groups is 3. The Hall–Kier alpha value is -1.30. The van der Waals surface area contributed by atoms with Crippen LogP contribution in [0.2, 0.25) is 0 Å². The lowest BCUT2D eigenvalue weighted by molar-refractivity contribution is -0.317. The zero-order chi connectivity index (χ0) is 24.6. The average molecular weight is 495 g/mol. The molecule has 10 atom stereocenters. The maximum Gasteiger partial charge on any atom is 0.118 e. The van der Waals surface area contributed by atoms with E-state index in [1.54, 1.807) is 14.0 Å². The van der Waals surface area contributed by atoms with Crippen molar-refractivity contribution < 1.29 is 43.7 Å². The fraction of sp³-hybridized carbons (Fsp3) is 0.769. The third-order valence-corrected chi connectivity index (χ3v) is 7.99. The van der Waals surface area contributed by atoms with Gasteiger partial charge < -0.3 is 43.7 Å². The number of methoxy groups -OCH3 is 1. The van der Waals surface area contributed by atoms with E-state index < -0.39 is 17.8 Å². The highest BCUT2D eigenvalue weighted by molar-refractivity contribution is 5.26. The molecule has 4 aliphatic heterocycles. The van der Waals surface area contributed by atoms with Crippen molar-refractivity contribution in [2.75, 3.05) is 20.3 Å². The fourth-order valence-electron chi connectivity index (χ4n) is 5.77. The smallest absolute Gasteiger partial charge is 0.118 e. The molecule has 4 saturated heterocycles. The predicted octanol–water partition coefficient (Wildman–Crippen LogP) is 1.34. The van der Waals surface area contributed by atoms with Crippen LogP contribution in [-0.4, -0.2) is 96.2 Å². The van der Waals surface area contributed by atoms with Crippen molar-refractivity contribution in [1.29, 1.82) is 0 Å². The molecule has 3 N–H and O–H groups in total. The summed E-state index contributed by atoms with van der Waals surface area (Å²) in [4.78, 5) is 0. The van der Waals surface area contributed by atoms with Gasteiger partial charge in [-0.05, 0) is 31.0 Å². The highest BCUT2D eigenvalue weighted by Gasteiger charge is 2.54. The predicted molar refractivity (Wildman–Crippen MR) is 124 cm³/mol. The van der Waals surface area contributed by atoms with Crippen molar-refractivity contribution in [3.05, 3.63) is 29.8 Å². The Bertz CT molecular complexity index is 835. The first-order valence-corrected chi connectivity index (χ1v) is 12.7. The number of hydrogen-bond donors (Lipinski definition) is 3. The molecule has 5 rings (SSSR count). The van der Waals surface area contributed by atoms with Gasteiger partial charge in [0.1, 0.15) is 11.4 Å². The molecule has 0 aliphatic carbocycles. The summed E-state index contributed by atoms with van der Waals surface area (Å²) in [5, 5.41) is 30.8. The summed E-state index contributed by atoms with van der Waals surface area (Å²) >= 11 is 0. The standard InChI is InChI=1S/C26H38O9/c1-26(14-27)25(29)12-23-24(35-26)11-22-21(34-23)10-20-19(33-22)9-17(28)18(32-20)7-8-31-13-15-3-5-16(30-2)6-4-15/h3-6,17-25,27-29H,7-14H2,1-2H3/t17-,18+,19+,20-,21+,22-,23-,24+,25+,26-/m1/s1.